The van der Waals surface area contributed by atoms with E-state index in [0.29, 0.717) is 18.4 Å². The summed E-state index contributed by atoms with van der Waals surface area (Å²) in [5, 5.41) is 3.21. The zero-order chi connectivity index (χ0) is 12.0. The van der Waals surface area contributed by atoms with Gasteiger partial charge in [0.1, 0.15) is 0 Å². The molecule has 0 radical (unpaired) electrons. The van der Waals surface area contributed by atoms with E-state index >= 15 is 0 Å². The van der Waals surface area contributed by atoms with Gasteiger partial charge in [-0.3, -0.25) is 4.79 Å². The molecule has 3 nitrogen and oxygen atoms in total. The summed E-state index contributed by atoms with van der Waals surface area (Å²) in [4.78, 5) is 13.8. The van der Waals surface area contributed by atoms with Crippen molar-refractivity contribution in [1.29, 1.82) is 0 Å². The zero-order valence-electron chi connectivity index (χ0n) is 11.0. The Morgan fingerprint density at radius 2 is 2.00 bits per heavy atom. The van der Waals surface area contributed by atoms with Gasteiger partial charge in [-0.2, -0.15) is 0 Å². The third kappa shape index (κ3) is 4.52. The quantitative estimate of drug-likeness (QED) is 0.778. The van der Waals surface area contributed by atoms with E-state index in [0.717, 1.165) is 19.4 Å². The molecule has 2 unspecified atom stereocenters. The van der Waals surface area contributed by atoms with Crippen LogP contribution in [0, 0.1) is 5.92 Å². The molecule has 2 atom stereocenters. The zero-order valence-corrected chi connectivity index (χ0v) is 11.0. The molecule has 1 aliphatic rings. The van der Waals surface area contributed by atoms with Crippen molar-refractivity contribution in [3.8, 4) is 0 Å². The highest BCUT2D eigenvalue weighted by Gasteiger charge is 2.26. The predicted octanol–water partition coefficient (Wildman–Crippen LogP) is 2.02. The van der Waals surface area contributed by atoms with Crippen LogP contribution in [0.25, 0.3) is 0 Å². The number of carbonyl (C=O) groups excluding carboxylic acids is 1. The molecule has 1 rings (SSSR count). The molecule has 0 aromatic heterocycles. The SMILES string of the molecule is CCCC(=O)NC1CCCCC1CN(C)C. The first kappa shape index (κ1) is 13.5. The Hall–Kier alpha value is -0.570. The van der Waals surface area contributed by atoms with Crippen molar-refractivity contribution < 1.29 is 4.79 Å². The van der Waals surface area contributed by atoms with Gasteiger partial charge in [-0.05, 0) is 39.3 Å². The van der Waals surface area contributed by atoms with E-state index in [4.69, 9.17) is 0 Å². The fraction of sp³-hybridized carbons (Fsp3) is 0.923. The van der Waals surface area contributed by atoms with Crippen molar-refractivity contribution in [3.05, 3.63) is 0 Å². The third-order valence-electron chi connectivity index (χ3n) is 3.33. The molecule has 94 valence electrons. The maximum absolute atomic E-state index is 11.6. The highest BCUT2D eigenvalue weighted by atomic mass is 16.1. The number of nitrogens with one attached hydrogen (secondary N) is 1. The third-order valence-corrected chi connectivity index (χ3v) is 3.33. The molecule has 0 heterocycles. The second-order valence-electron chi connectivity index (χ2n) is 5.23. The first-order chi connectivity index (χ1) is 7.63. The van der Waals surface area contributed by atoms with Crippen LogP contribution in [0.5, 0.6) is 0 Å². The lowest BCUT2D eigenvalue weighted by Crippen LogP contribution is -2.45. The van der Waals surface area contributed by atoms with Crippen molar-refractivity contribution in [2.45, 2.75) is 51.5 Å². The second-order valence-corrected chi connectivity index (χ2v) is 5.23. The maximum atomic E-state index is 11.6. The van der Waals surface area contributed by atoms with Gasteiger partial charge in [0, 0.05) is 19.0 Å². The average Bonchev–Trinajstić information content (AvgIpc) is 2.20. The normalized spacial score (nSPS) is 25.8. The number of rotatable bonds is 5. The Labute approximate surface area is 99.6 Å². The molecule has 0 aliphatic heterocycles. The summed E-state index contributed by atoms with van der Waals surface area (Å²) < 4.78 is 0. The standard InChI is InChI=1S/C13H26N2O/c1-4-7-13(16)14-12-9-6-5-8-11(12)10-15(2)3/h11-12H,4-10H2,1-3H3,(H,14,16). The maximum Gasteiger partial charge on any atom is 0.220 e. The van der Waals surface area contributed by atoms with E-state index in [1.54, 1.807) is 0 Å². The van der Waals surface area contributed by atoms with E-state index < -0.39 is 0 Å². The van der Waals surface area contributed by atoms with Gasteiger partial charge in [0.25, 0.3) is 0 Å². The number of hydrogen-bond acceptors (Lipinski definition) is 2. The fourth-order valence-corrected chi connectivity index (χ4v) is 2.59. The van der Waals surface area contributed by atoms with E-state index in [9.17, 15) is 4.79 Å². The van der Waals surface area contributed by atoms with Crippen LogP contribution in [0.1, 0.15) is 45.4 Å². The van der Waals surface area contributed by atoms with Gasteiger partial charge in [-0.1, -0.05) is 19.8 Å². The Balaban J connectivity index is 2.43. The summed E-state index contributed by atoms with van der Waals surface area (Å²) in [7, 11) is 4.22. The lowest BCUT2D eigenvalue weighted by molar-refractivity contribution is -0.122. The Kier molecular flexibility index (Phi) is 5.81. The second kappa shape index (κ2) is 6.89. The van der Waals surface area contributed by atoms with Gasteiger partial charge in [-0.25, -0.2) is 0 Å². The number of carbonyl (C=O) groups is 1. The highest BCUT2D eigenvalue weighted by Crippen LogP contribution is 2.25. The highest BCUT2D eigenvalue weighted by molar-refractivity contribution is 5.76. The van der Waals surface area contributed by atoms with Crippen molar-refractivity contribution in [2.75, 3.05) is 20.6 Å². The number of hydrogen-bond donors (Lipinski definition) is 1. The van der Waals surface area contributed by atoms with Crippen LogP contribution in [-0.2, 0) is 4.79 Å². The average molecular weight is 226 g/mol. The Bertz CT molecular complexity index is 216. The van der Waals surface area contributed by atoms with Crippen LogP contribution in [0.4, 0.5) is 0 Å². The minimum atomic E-state index is 0.234. The molecule has 1 amide bonds. The summed E-state index contributed by atoms with van der Waals surface area (Å²) in [5.74, 6) is 0.878. The van der Waals surface area contributed by atoms with Gasteiger partial charge in [0.05, 0.1) is 0 Å². The minimum absolute atomic E-state index is 0.234. The van der Waals surface area contributed by atoms with Crippen molar-refractivity contribution in [2.24, 2.45) is 5.92 Å². The monoisotopic (exact) mass is 226 g/mol. The largest absolute Gasteiger partial charge is 0.353 e. The van der Waals surface area contributed by atoms with Crippen molar-refractivity contribution in [3.63, 3.8) is 0 Å². The minimum Gasteiger partial charge on any atom is -0.353 e. The van der Waals surface area contributed by atoms with Crippen LogP contribution in [-0.4, -0.2) is 37.5 Å². The molecular weight excluding hydrogens is 200 g/mol. The van der Waals surface area contributed by atoms with Crippen LogP contribution in [0.3, 0.4) is 0 Å². The van der Waals surface area contributed by atoms with Gasteiger partial charge < -0.3 is 10.2 Å². The molecule has 1 saturated carbocycles. The van der Waals surface area contributed by atoms with Gasteiger partial charge in [-0.15, -0.1) is 0 Å². The number of amides is 1. The van der Waals surface area contributed by atoms with Crippen LogP contribution in [0.2, 0.25) is 0 Å². The van der Waals surface area contributed by atoms with Gasteiger partial charge in [0.15, 0.2) is 0 Å². The fourth-order valence-electron chi connectivity index (χ4n) is 2.59. The van der Waals surface area contributed by atoms with Crippen LogP contribution < -0.4 is 5.32 Å². The van der Waals surface area contributed by atoms with Gasteiger partial charge >= 0.3 is 0 Å². The summed E-state index contributed by atoms with van der Waals surface area (Å²) in [6.45, 7) is 3.15. The smallest absolute Gasteiger partial charge is 0.220 e. The topological polar surface area (TPSA) is 32.3 Å². The molecule has 16 heavy (non-hydrogen) atoms. The lowest BCUT2D eigenvalue weighted by Gasteiger charge is -2.34. The molecule has 0 aromatic carbocycles. The van der Waals surface area contributed by atoms with Crippen molar-refractivity contribution in [1.82, 2.24) is 10.2 Å². The Morgan fingerprint density at radius 1 is 1.31 bits per heavy atom. The summed E-state index contributed by atoms with van der Waals surface area (Å²) in [6.07, 6.45) is 6.62. The summed E-state index contributed by atoms with van der Waals surface area (Å²) >= 11 is 0. The molecule has 0 aromatic rings. The van der Waals surface area contributed by atoms with E-state index in [1.165, 1.54) is 19.3 Å². The van der Waals surface area contributed by atoms with Crippen molar-refractivity contribution >= 4 is 5.91 Å². The summed E-state index contributed by atoms with van der Waals surface area (Å²) in [5.41, 5.74) is 0. The number of nitrogens with zero attached hydrogens (tertiary/aromatic N) is 1. The van der Waals surface area contributed by atoms with E-state index in [2.05, 4.69) is 31.2 Å². The van der Waals surface area contributed by atoms with E-state index in [1.807, 2.05) is 0 Å². The molecular formula is C13H26N2O. The predicted molar refractivity (Wildman–Crippen MR) is 67.4 cm³/mol. The van der Waals surface area contributed by atoms with E-state index in [-0.39, 0.29) is 5.91 Å². The molecule has 0 bridgehead atoms. The molecule has 3 heteroatoms. The first-order valence-corrected chi connectivity index (χ1v) is 6.57. The lowest BCUT2D eigenvalue weighted by atomic mass is 9.84. The molecule has 1 fully saturated rings. The first-order valence-electron chi connectivity index (χ1n) is 6.57. The summed E-state index contributed by atoms with van der Waals surface area (Å²) in [6, 6.07) is 0.412. The molecule has 0 saturated heterocycles. The van der Waals surface area contributed by atoms with Crippen LogP contribution in [0.15, 0.2) is 0 Å². The van der Waals surface area contributed by atoms with Gasteiger partial charge in [0.2, 0.25) is 5.91 Å². The Morgan fingerprint density at radius 3 is 2.62 bits per heavy atom. The van der Waals surface area contributed by atoms with Crippen LogP contribution >= 0.6 is 0 Å². The molecule has 1 N–H and O–H groups in total. The molecule has 0 spiro atoms. The molecule has 1 aliphatic carbocycles.